The maximum absolute atomic E-state index is 3.20. The molecule has 0 aliphatic heterocycles. The number of nitrogens with zero attached hydrogens (tertiary/aromatic N) is 1. The molecule has 13 heavy (non-hydrogen) atoms. The van der Waals surface area contributed by atoms with Crippen molar-refractivity contribution in [1.82, 2.24) is 10.2 Å². The normalized spacial score (nSPS) is 11.1. The van der Waals surface area contributed by atoms with E-state index in [0.717, 1.165) is 6.54 Å². The highest BCUT2D eigenvalue weighted by Crippen LogP contribution is 1.99. The van der Waals surface area contributed by atoms with Crippen molar-refractivity contribution in [3.63, 3.8) is 0 Å². The summed E-state index contributed by atoms with van der Waals surface area (Å²) in [4.78, 5) is 2.55. The Kier molecular flexibility index (Phi) is 10.6. The van der Waals surface area contributed by atoms with Gasteiger partial charge in [0.15, 0.2) is 0 Å². The summed E-state index contributed by atoms with van der Waals surface area (Å²) in [5.74, 6) is 1.29. The highest BCUT2D eigenvalue weighted by molar-refractivity contribution is 7.98. The molecule has 0 amide bonds. The standard InChI is InChI=1S/C10H24N2S/c1-4-7-12(9-6-11-2)8-5-10-13-3/h11H,4-10H2,1-3H3. The maximum atomic E-state index is 3.20. The van der Waals surface area contributed by atoms with Crippen molar-refractivity contribution in [2.45, 2.75) is 19.8 Å². The van der Waals surface area contributed by atoms with Crippen molar-refractivity contribution >= 4 is 11.8 Å². The van der Waals surface area contributed by atoms with Crippen LogP contribution >= 0.6 is 11.8 Å². The minimum absolute atomic E-state index is 1.11. The zero-order valence-electron chi connectivity index (χ0n) is 9.31. The summed E-state index contributed by atoms with van der Waals surface area (Å²) in [6.07, 6.45) is 4.77. The van der Waals surface area contributed by atoms with Gasteiger partial charge in [0.25, 0.3) is 0 Å². The fourth-order valence-corrected chi connectivity index (χ4v) is 1.77. The van der Waals surface area contributed by atoms with Gasteiger partial charge in [-0.3, -0.25) is 0 Å². The molecule has 0 aromatic carbocycles. The lowest BCUT2D eigenvalue weighted by atomic mass is 10.3. The Balaban J connectivity index is 3.41. The van der Waals surface area contributed by atoms with Crippen LogP contribution in [-0.4, -0.2) is 50.1 Å². The molecular weight excluding hydrogens is 180 g/mol. The second-order valence-electron chi connectivity index (χ2n) is 3.29. The number of hydrogen-bond donors (Lipinski definition) is 1. The van der Waals surface area contributed by atoms with E-state index >= 15 is 0 Å². The average molecular weight is 204 g/mol. The molecule has 0 bridgehead atoms. The van der Waals surface area contributed by atoms with E-state index in [0.29, 0.717) is 0 Å². The van der Waals surface area contributed by atoms with Crippen LogP contribution < -0.4 is 5.32 Å². The first-order chi connectivity index (χ1) is 6.35. The van der Waals surface area contributed by atoms with Gasteiger partial charge >= 0.3 is 0 Å². The van der Waals surface area contributed by atoms with Crippen LogP contribution in [0.4, 0.5) is 0 Å². The molecule has 0 radical (unpaired) electrons. The van der Waals surface area contributed by atoms with Gasteiger partial charge in [-0.05, 0) is 45.0 Å². The van der Waals surface area contributed by atoms with E-state index in [1.54, 1.807) is 0 Å². The summed E-state index contributed by atoms with van der Waals surface area (Å²) in [6.45, 7) is 7.06. The molecule has 0 rings (SSSR count). The SMILES string of the molecule is CCCN(CCCSC)CCNC. The second-order valence-corrected chi connectivity index (χ2v) is 4.28. The average Bonchev–Trinajstić information content (AvgIpc) is 2.14. The molecule has 2 nitrogen and oxygen atoms in total. The third-order valence-corrected chi connectivity index (χ3v) is 2.74. The number of nitrogens with one attached hydrogen (secondary N) is 1. The molecule has 0 saturated carbocycles. The van der Waals surface area contributed by atoms with Crippen molar-refractivity contribution in [1.29, 1.82) is 0 Å². The minimum Gasteiger partial charge on any atom is -0.318 e. The summed E-state index contributed by atoms with van der Waals surface area (Å²) < 4.78 is 0. The molecular formula is C10H24N2S. The second kappa shape index (κ2) is 10.4. The first-order valence-electron chi connectivity index (χ1n) is 5.21. The topological polar surface area (TPSA) is 15.3 Å². The van der Waals surface area contributed by atoms with Crippen LogP contribution in [-0.2, 0) is 0 Å². The van der Waals surface area contributed by atoms with Gasteiger partial charge in [-0.15, -0.1) is 0 Å². The molecule has 1 N–H and O–H groups in total. The van der Waals surface area contributed by atoms with E-state index < -0.39 is 0 Å². The summed E-state index contributed by atoms with van der Waals surface area (Å²) >= 11 is 1.94. The van der Waals surface area contributed by atoms with E-state index in [1.807, 2.05) is 18.8 Å². The van der Waals surface area contributed by atoms with Gasteiger partial charge in [-0.1, -0.05) is 6.92 Å². The van der Waals surface area contributed by atoms with E-state index in [9.17, 15) is 0 Å². The van der Waals surface area contributed by atoms with Gasteiger partial charge in [-0.25, -0.2) is 0 Å². The molecule has 0 heterocycles. The van der Waals surface area contributed by atoms with Crippen molar-refractivity contribution in [2.24, 2.45) is 0 Å². The molecule has 0 atom stereocenters. The van der Waals surface area contributed by atoms with E-state index in [1.165, 1.54) is 38.2 Å². The summed E-state index contributed by atoms with van der Waals surface area (Å²) in [5, 5.41) is 3.20. The molecule has 0 unspecified atom stereocenters. The van der Waals surface area contributed by atoms with Gasteiger partial charge in [-0.2, -0.15) is 11.8 Å². The molecule has 0 aromatic rings. The molecule has 0 fully saturated rings. The lowest BCUT2D eigenvalue weighted by molar-refractivity contribution is 0.277. The Labute approximate surface area is 87.5 Å². The number of hydrogen-bond acceptors (Lipinski definition) is 3. The third-order valence-electron chi connectivity index (χ3n) is 2.04. The van der Waals surface area contributed by atoms with Gasteiger partial charge in [0.05, 0.1) is 0 Å². The molecule has 0 saturated heterocycles. The van der Waals surface area contributed by atoms with E-state index in [2.05, 4.69) is 23.4 Å². The number of likely N-dealkylation sites (N-methyl/N-ethyl adjacent to an activating group) is 1. The predicted octanol–water partition coefficient (Wildman–Crippen LogP) is 1.67. The Morgan fingerprint density at radius 1 is 1.23 bits per heavy atom. The van der Waals surface area contributed by atoms with Crippen LogP contribution in [0.2, 0.25) is 0 Å². The van der Waals surface area contributed by atoms with Crippen LogP contribution in [0, 0.1) is 0 Å². The van der Waals surface area contributed by atoms with E-state index in [4.69, 9.17) is 0 Å². The summed E-state index contributed by atoms with van der Waals surface area (Å²) in [6, 6.07) is 0. The molecule has 0 aromatic heterocycles. The van der Waals surface area contributed by atoms with Crippen LogP contribution in [0.3, 0.4) is 0 Å². The molecule has 80 valence electrons. The van der Waals surface area contributed by atoms with Gasteiger partial charge < -0.3 is 10.2 Å². The first kappa shape index (κ1) is 13.3. The Morgan fingerprint density at radius 3 is 2.54 bits per heavy atom. The largest absolute Gasteiger partial charge is 0.318 e. The fraction of sp³-hybridized carbons (Fsp3) is 1.00. The Bertz CT molecular complexity index is 98.9. The third kappa shape index (κ3) is 8.60. The van der Waals surface area contributed by atoms with Crippen molar-refractivity contribution < 1.29 is 0 Å². The van der Waals surface area contributed by atoms with Gasteiger partial charge in [0.1, 0.15) is 0 Å². The van der Waals surface area contributed by atoms with Crippen molar-refractivity contribution in [2.75, 3.05) is 45.2 Å². The number of thioether (sulfide) groups is 1. The van der Waals surface area contributed by atoms with Crippen LogP contribution in [0.1, 0.15) is 19.8 Å². The quantitative estimate of drug-likeness (QED) is 0.575. The highest BCUT2D eigenvalue weighted by Gasteiger charge is 2.01. The van der Waals surface area contributed by atoms with Gasteiger partial charge in [0.2, 0.25) is 0 Å². The Morgan fingerprint density at radius 2 is 2.00 bits per heavy atom. The summed E-state index contributed by atoms with van der Waals surface area (Å²) in [5.41, 5.74) is 0. The highest BCUT2D eigenvalue weighted by atomic mass is 32.2. The Hall–Kier alpha value is 0.270. The van der Waals surface area contributed by atoms with Crippen molar-refractivity contribution in [3.8, 4) is 0 Å². The van der Waals surface area contributed by atoms with Crippen LogP contribution in [0.5, 0.6) is 0 Å². The lowest BCUT2D eigenvalue weighted by Gasteiger charge is -2.21. The zero-order valence-corrected chi connectivity index (χ0v) is 10.1. The van der Waals surface area contributed by atoms with Crippen LogP contribution in [0.15, 0.2) is 0 Å². The molecule has 0 aliphatic rings. The van der Waals surface area contributed by atoms with Gasteiger partial charge in [0, 0.05) is 13.1 Å². The first-order valence-corrected chi connectivity index (χ1v) is 6.60. The summed E-state index contributed by atoms with van der Waals surface area (Å²) in [7, 11) is 2.02. The lowest BCUT2D eigenvalue weighted by Crippen LogP contribution is -2.32. The van der Waals surface area contributed by atoms with E-state index in [-0.39, 0.29) is 0 Å². The molecule has 0 spiro atoms. The smallest absolute Gasteiger partial charge is 0.0107 e. The fourth-order valence-electron chi connectivity index (χ4n) is 1.35. The minimum atomic E-state index is 1.11. The maximum Gasteiger partial charge on any atom is 0.0107 e. The zero-order chi connectivity index (χ0) is 9.94. The molecule has 0 aliphatic carbocycles. The molecule has 3 heteroatoms. The van der Waals surface area contributed by atoms with Crippen molar-refractivity contribution in [3.05, 3.63) is 0 Å². The number of rotatable bonds is 9. The van der Waals surface area contributed by atoms with Crippen LogP contribution in [0.25, 0.3) is 0 Å². The predicted molar refractivity (Wildman–Crippen MR) is 63.7 cm³/mol. The monoisotopic (exact) mass is 204 g/mol.